The summed E-state index contributed by atoms with van der Waals surface area (Å²) in [7, 11) is 4.42. The van der Waals surface area contributed by atoms with Gasteiger partial charge in [-0.25, -0.2) is 0 Å². The van der Waals surface area contributed by atoms with Crippen LogP contribution < -0.4 is 24.8 Å². The quantitative estimate of drug-likeness (QED) is 0.409. The maximum absolute atomic E-state index is 12.5. The van der Waals surface area contributed by atoms with Crippen molar-refractivity contribution in [2.75, 3.05) is 33.2 Å². The lowest BCUT2D eigenvalue weighted by Gasteiger charge is -2.14. The van der Waals surface area contributed by atoms with Gasteiger partial charge >= 0.3 is 0 Å². The number of benzene rings is 1. The minimum Gasteiger partial charge on any atom is -0.493 e. The summed E-state index contributed by atoms with van der Waals surface area (Å²) < 4.78 is 15.7. The Labute approximate surface area is 192 Å². The van der Waals surface area contributed by atoms with Crippen LogP contribution in [0.5, 0.6) is 17.2 Å². The number of unbranched alkanes of at least 4 members (excludes halogenated alkanes) is 5. The lowest BCUT2D eigenvalue weighted by Crippen LogP contribution is -2.32. The Morgan fingerprint density at radius 2 is 1.59 bits per heavy atom. The Morgan fingerprint density at radius 1 is 0.938 bits per heavy atom. The Hall–Kier alpha value is -2.88. The van der Waals surface area contributed by atoms with Crippen LogP contribution in [0.2, 0.25) is 0 Å². The number of hydrogen-bond donors (Lipinski definition) is 2. The molecule has 0 fully saturated rings. The van der Waals surface area contributed by atoms with Crippen molar-refractivity contribution >= 4 is 28.3 Å². The summed E-state index contributed by atoms with van der Waals surface area (Å²) in [5.74, 6) is 0.271. The molecule has 0 aliphatic rings. The Bertz CT molecular complexity index is 862. The summed E-state index contributed by atoms with van der Waals surface area (Å²) in [6.45, 7) is 2.00. The summed E-state index contributed by atoms with van der Waals surface area (Å²) in [5, 5.41) is 14.7. The third kappa shape index (κ3) is 7.67. The van der Waals surface area contributed by atoms with E-state index in [1.807, 2.05) is 0 Å². The number of nitrogens with one attached hydrogen (secondary N) is 2. The van der Waals surface area contributed by atoms with Gasteiger partial charge in [0.1, 0.15) is 5.01 Å². The SMILES string of the molecule is CCCCCCCCc1nnc(NC(=O)CNC(=O)c2cc(OC)c(OC)c(OC)c2)s1. The van der Waals surface area contributed by atoms with Gasteiger partial charge in [0.25, 0.3) is 5.91 Å². The first-order chi connectivity index (χ1) is 15.5. The van der Waals surface area contributed by atoms with E-state index in [2.05, 4.69) is 27.8 Å². The van der Waals surface area contributed by atoms with Crippen molar-refractivity contribution in [1.29, 1.82) is 0 Å². The first kappa shape index (κ1) is 25.4. The van der Waals surface area contributed by atoms with Crippen LogP contribution in [0.4, 0.5) is 5.13 Å². The van der Waals surface area contributed by atoms with Crippen molar-refractivity contribution in [2.45, 2.75) is 51.9 Å². The highest BCUT2D eigenvalue weighted by molar-refractivity contribution is 7.15. The summed E-state index contributed by atoms with van der Waals surface area (Å²) in [6, 6.07) is 3.04. The Kier molecular flexibility index (Phi) is 10.7. The van der Waals surface area contributed by atoms with Crippen LogP contribution in [0.1, 0.15) is 60.8 Å². The second kappa shape index (κ2) is 13.5. The molecule has 2 rings (SSSR count). The fourth-order valence-electron chi connectivity index (χ4n) is 3.10. The van der Waals surface area contributed by atoms with Crippen LogP contribution in [0.25, 0.3) is 0 Å². The average molecular weight is 465 g/mol. The molecule has 0 saturated carbocycles. The monoisotopic (exact) mass is 464 g/mol. The van der Waals surface area contributed by atoms with Gasteiger partial charge in [-0.05, 0) is 18.6 Å². The van der Waals surface area contributed by atoms with E-state index in [-0.39, 0.29) is 18.0 Å². The van der Waals surface area contributed by atoms with E-state index >= 15 is 0 Å². The standard InChI is InChI=1S/C22H32N4O5S/c1-5-6-7-8-9-10-11-19-25-26-22(32-19)24-18(27)14-23-21(28)15-12-16(29-2)20(31-4)17(13-15)30-3/h12-13H,5-11,14H2,1-4H3,(H,23,28)(H,24,26,27). The van der Waals surface area contributed by atoms with E-state index in [1.54, 1.807) is 0 Å². The summed E-state index contributed by atoms with van der Waals surface area (Å²) in [5.41, 5.74) is 0.282. The third-order valence-electron chi connectivity index (χ3n) is 4.79. The highest BCUT2D eigenvalue weighted by Crippen LogP contribution is 2.38. The molecule has 0 spiro atoms. The molecule has 1 aromatic heterocycles. The van der Waals surface area contributed by atoms with E-state index in [0.717, 1.165) is 17.8 Å². The van der Waals surface area contributed by atoms with Gasteiger partial charge in [0.05, 0.1) is 27.9 Å². The molecule has 32 heavy (non-hydrogen) atoms. The molecule has 0 bridgehead atoms. The van der Waals surface area contributed by atoms with Gasteiger partial charge in [-0.3, -0.25) is 14.9 Å². The van der Waals surface area contributed by atoms with Crippen LogP contribution >= 0.6 is 11.3 Å². The maximum atomic E-state index is 12.5. The summed E-state index contributed by atoms with van der Waals surface area (Å²) in [6.07, 6.45) is 8.13. The van der Waals surface area contributed by atoms with Gasteiger partial charge in [-0.15, -0.1) is 10.2 Å². The normalized spacial score (nSPS) is 10.5. The van der Waals surface area contributed by atoms with E-state index in [4.69, 9.17) is 14.2 Å². The number of carbonyl (C=O) groups excluding carboxylic acids is 2. The molecule has 9 nitrogen and oxygen atoms in total. The smallest absolute Gasteiger partial charge is 0.251 e. The van der Waals surface area contributed by atoms with E-state index < -0.39 is 5.91 Å². The summed E-state index contributed by atoms with van der Waals surface area (Å²) >= 11 is 1.36. The Balaban J connectivity index is 1.82. The van der Waals surface area contributed by atoms with Crippen LogP contribution in [-0.2, 0) is 11.2 Å². The van der Waals surface area contributed by atoms with E-state index in [9.17, 15) is 9.59 Å². The van der Waals surface area contributed by atoms with Gasteiger partial charge in [-0.2, -0.15) is 0 Å². The molecule has 176 valence electrons. The van der Waals surface area contributed by atoms with Crippen LogP contribution in [0.3, 0.4) is 0 Å². The molecule has 2 amide bonds. The predicted molar refractivity (Wildman–Crippen MR) is 124 cm³/mol. The summed E-state index contributed by atoms with van der Waals surface area (Å²) in [4.78, 5) is 24.7. The first-order valence-electron chi connectivity index (χ1n) is 10.7. The Morgan fingerprint density at radius 3 is 2.22 bits per heavy atom. The van der Waals surface area contributed by atoms with Crippen LogP contribution in [-0.4, -0.2) is 49.9 Å². The van der Waals surface area contributed by atoms with Gasteiger partial charge in [0, 0.05) is 12.0 Å². The van der Waals surface area contributed by atoms with Crippen molar-refractivity contribution in [1.82, 2.24) is 15.5 Å². The van der Waals surface area contributed by atoms with Gasteiger partial charge in [0.2, 0.25) is 16.8 Å². The fourth-order valence-corrected chi connectivity index (χ4v) is 3.90. The predicted octanol–water partition coefficient (Wildman–Crippen LogP) is 3.84. The number of ether oxygens (including phenoxy) is 3. The highest BCUT2D eigenvalue weighted by Gasteiger charge is 2.17. The average Bonchev–Trinajstić information content (AvgIpc) is 3.25. The fraction of sp³-hybridized carbons (Fsp3) is 0.545. The second-order valence-electron chi connectivity index (χ2n) is 7.16. The van der Waals surface area contributed by atoms with Crippen molar-refractivity contribution in [3.63, 3.8) is 0 Å². The number of aryl methyl sites for hydroxylation is 1. The van der Waals surface area contributed by atoms with Gasteiger partial charge < -0.3 is 19.5 Å². The molecule has 0 radical (unpaired) electrons. The molecule has 0 aliphatic heterocycles. The minimum atomic E-state index is -0.444. The number of methoxy groups -OCH3 is 3. The zero-order chi connectivity index (χ0) is 23.3. The topological polar surface area (TPSA) is 112 Å². The van der Waals surface area contributed by atoms with Gasteiger partial charge in [-0.1, -0.05) is 50.4 Å². The van der Waals surface area contributed by atoms with Crippen molar-refractivity contribution < 1.29 is 23.8 Å². The van der Waals surface area contributed by atoms with E-state index in [1.165, 1.54) is 76.9 Å². The number of nitrogens with zero attached hydrogens (tertiary/aromatic N) is 2. The number of aromatic nitrogens is 2. The molecule has 1 aromatic carbocycles. The molecule has 2 N–H and O–H groups in total. The third-order valence-corrected chi connectivity index (χ3v) is 5.69. The number of hydrogen-bond acceptors (Lipinski definition) is 8. The molecular formula is C22H32N4O5S. The second-order valence-corrected chi connectivity index (χ2v) is 8.23. The molecule has 0 saturated heterocycles. The zero-order valence-electron chi connectivity index (χ0n) is 19.2. The molecule has 0 unspecified atom stereocenters. The first-order valence-corrected chi connectivity index (χ1v) is 11.5. The molecule has 0 atom stereocenters. The van der Waals surface area contributed by atoms with Crippen LogP contribution in [0.15, 0.2) is 12.1 Å². The number of amides is 2. The molecular weight excluding hydrogens is 432 g/mol. The number of rotatable bonds is 14. The molecule has 1 heterocycles. The largest absolute Gasteiger partial charge is 0.493 e. The van der Waals surface area contributed by atoms with E-state index in [0.29, 0.717) is 22.4 Å². The molecule has 10 heteroatoms. The van der Waals surface area contributed by atoms with Crippen molar-refractivity contribution in [3.8, 4) is 17.2 Å². The van der Waals surface area contributed by atoms with Crippen molar-refractivity contribution in [2.24, 2.45) is 0 Å². The lowest BCUT2D eigenvalue weighted by atomic mass is 10.1. The molecule has 2 aromatic rings. The van der Waals surface area contributed by atoms with Gasteiger partial charge in [0.15, 0.2) is 11.5 Å². The van der Waals surface area contributed by atoms with Crippen LogP contribution in [0, 0.1) is 0 Å². The van der Waals surface area contributed by atoms with Crippen molar-refractivity contribution in [3.05, 3.63) is 22.7 Å². The minimum absolute atomic E-state index is 0.207. The number of carbonyl (C=O) groups is 2. The maximum Gasteiger partial charge on any atom is 0.251 e. The zero-order valence-corrected chi connectivity index (χ0v) is 20.0. The molecule has 0 aliphatic carbocycles. The number of anilines is 1. The highest BCUT2D eigenvalue weighted by atomic mass is 32.1. The lowest BCUT2D eigenvalue weighted by molar-refractivity contribution is -0.115.